The minimum Gasteiger partial charge on any atom is -0.316 e. The van der Waals surface area contributed by atoms with Gasteiger partial charge in [-0.1, -0.05) is 11.6 Å². The summed E-state index contributed by atoms with van der Waals surface area (Å²) in [4.78, 5) is 15.4. The Labute approximate surface area is 70.9 Å². The first kappa shape index (κ1) is 7.28. The normalized spacial score (nSPS) is 27.1. The summed E-state index contributed by atoms with van der Waals surface area (Å²) in [6, 6.07) is 0. The molecule has 0 saturated heterocycles. The number of allylic oxidation sites excluding steroid dienone is 3. The van der Waals surface area contributed by atoms with Crippen LogP contribution in [0.4, 0.5) is 0 Å². The standard InChI is InChI=1S/C9H10N2O/c1-6-2-3-8-7(4-6)9(12)11-5-10-8/h2-3,5,7H,4H2,1H3,(H,10,11,12). The van der Waals surface area contributed by atoms with Gasteiger partial charge in [-0.05, 0) is 19.4 Å². The van der Waals surface area contributed by atoms with E-state index in [0.29, 0.717) is 0 Å². The van der Waals surface area contributed by atoms with Crippen molar-refractivity contribution in [3.8, 4) is 0 Å². The maximum atomic E-state index is 11.3. The number of fused-ring (bicyclic) bond motifs is 1. The number of carbonyl (C=O) groups excluding carboxylic acids is 1. The molecule has 0 radical (unpaired) electrons. The van der Waals surface area contributed by atoms with Crippen molar-refractivity contribution in [3.05, 3.63) is 23.4 Å². The molecule has 0 bridgehead atoms. The first-order valence-corrected chi connectivity index (χ1v) is 3.97. The molecule has 1 atom stereocenters. The lowest BCUT2D eigenvalue weighted by Gasteiger charge is -2.22. The first-order valence-electron chi connectivity index (χ1n) is 3.97. The molecule has 62 valence electrons. The van der Waals surface area contributed by atoms with Crippen molar-refractivity contribution in [1.82, 2.24) is 5.32 Å². The zero-order valence-electron chi connectivity index (χ0n) is 6.87. The molecule has 0 saturated carbocycles. The molecular weight excluding hydrogens is 152 g/mol. The average molecular weight is 162 g/mol. The number of amides is 1. The molecule has 1 N–H and O–H groups in total. The summed E-state index contributed by atoms with van der Waals surface area (Å²) in [5.41, 5.74) is 2.11. The minimum atomic E-state index is -0.0556. The van der Waals surface area contributed by atoms with Crippen LogP contribution in [0.5, 0.6) is 0 Å². The molecule has 0 aromatic carbocycles. The highest BCUT2D eigenvalue weighted by atomic mass is 16.2. The molecule has 0 spiro atoms. The number of carbonyl (C=O) groups is 1. The number of nitrogens with zero attached hydrogens (tertiary/aromatic N) is 1. The van der Waals surface area contributed by atoms with Gasteiger partial charge in [0.15, 0.2) is 0 Å². The molecule has 0 aromatic heterocycles. The SMILES string of the molecule is CC1=CC=C2N=CNC(=O)C2C1. The van der Waals surface area contributed by atoms with Crippen molar-refractivity contribution in [2.75, 3.05) is 0 Å². The van der Waals surface area contributed by atoms with Crippen LogP contribution in [-0.4, -0.2) is 12.2 Å². The second-order valence-corrected chi connectivity index (χ2v) is 3.13. The zero-order valence-corrected chi connectivity index (χ0v) is 6.87. The van der Waals surface area contributed by atoms with Gasteiger partial charge in [-0.2, -0.15) is 0 Å². The van der Waals surface area contributed by atoms with Crippen LogP contribution in [0.1, 0.15) is 13.3 Å². The first-order chi connectivity index (χ1) is 5.77. The Hall–Kier alpha value is -1.38. The van der Waals surface area contributed by atoms with Gasteiger partial charge in [0.25, 0.3) is 0 Å². The molecule has 0 aromatic rings. The molecule has 1 aliphatic carbocycles. The van der Waals surface area contributed by atoms with E-state index >= 15 is 0 Å². The smallest absolute Gasteiger partial charge is 0.234 e. The quantitative estimate of drug-likeness (QED) is 0.567. The lowest BCUT2D eigenvalue weighted by atomic mass is 9.91. The van der Waals surface area contributed by atoms with Crippen molar-refractivity contribution in [2.24, 2.45) is 10.9 Å². The highest BCUT2D eigenvalue weighted by Crippen LogP contribution is 2.27. The largest absolute Gasteiger partial charge is 0.316 e. The van der Waals surface area contributed by atoms with Gasteiger partial charge in [0.05, 0.1) is 18.0 Å². The lowest BCUT2D eigenvalue weighted by molar-refractivity contribution is -0.122. The average Bonchev–Trinajstić information content (AvgIpc) is 2.07. The summed E-state index contributed by atoms with van der Waals surface area (Å²) in [5, 5.41) is 2.60. The van der Waals surface area contributed by atoms with Gasteiger partial charge in [-0.15, -0.1) is 0 Å². The fraction of sp³-hybridized carbons (Fsp3) is 0.333. The Morgan fingerprint density at radius 3 is 3.25 bits per heavy atom. The number of rotatable bonds is 0. The summed E-state index contributed by atoms with van der Waals surface area (Å²) in [7, 11) is 0. The van der Waals surface area contributed by atoms with Gasteiger partial charge >= 0.3 is 0 Å². The van der Waals surface area contributed by atoms with Gasteiger partial charge in [0, 0.05) is 0 Å². The third kappa shape index (κ3) is 1.07. The van der Waals surface area contributed by atoms with Crippen LogP contribution in [0.3, 0.4) is 0 Å². The monoisotopic (exact) mass is 162 g/mol. The second kappa shape index (κ2) is 2.59. The fourth-order valence-corrected chi connectivity index (χ4v) is 1.47. The Bertz CT molecular complexity index is 312. The van der Waals surface area contributed by atoms with Crippen molar-refractivity contribution >= 4 is 12.2 Å². The van der Waals surface area contributed by atoms with Crippen LogP contribution in [0.15, 0.2) is 28.4 Å². The molecule has 1 heterocycles. The van der Waals surface area contributed by atoms with E-state index < -0.39 is 0 Å². The number of hydrogen-bond acceptors (Lipinski definition) is 2. The van der Waals surface area contributed by atoms with Crippen LogP contribution in [-0.2, 0) is 4.79 Å². The highest BCUT2D eigenvalue weighted by Gasteiger charge is 2.26. The molecule has 1 unspecified atom stereocenters. The second-order valence-electron chi connectivity index (χ2n) is 3.13. The molecule has 12 heavy (non-hydrogen) atoms. The predicted octanol–water partition coefficient (Wildman–Crippen LogP) is 0.995. The van der Waals surface area contributed by atoms with E-state index in [0.717, 1.165) is 12.1 Å². The van der Waals surface area contributed by atoms with E-state index in [1.54, 1.807) is 0 Å². The van der Waals surface area contributed by atoms with Crippen molar-refractivity contribution in [2.45, 2.75) is 13.3 Å². The van der Waals surface area contributed by atoms with Crippen molar-refractivity contribution in [1.29, 1.82) is 0 Å². The maximum Gasteiger partial charge on any atom is 0.234 e. The van der Waals surface area contributed by atoms with E-state index in [9.17, 15) is 4.79 Å². The Balaban J connectivity index is 2.36. The third-order valence-corrected chi connectivity index (χ3v) is 2.16. The summed E-state index contributed by atoms with van der Waals surface area (Å²) < 4.78 is 0. The van der Waals surface area contributed by atoms with Crippen molar-refractivity contribution in [3.63, 3.8) is 0 Å². The lowest BCUT2D eigenvalue weighted by Crippen LogP contribution is -2.35. The molecule has 3 nitrogen and oxygen atoms in total. The van der Waals surface area contributed by atoms with Gasteiger partial charge in [-0.25, -0.2) is 4.99 Å². The molecule has 3 heteroatoms. The topological polar surface area (TPSA) is 41.5 Å². The van der Waals surface area contributed by atoms with E-state index in [1.165, 1.54) is 11.9 Å². The minimum absolute atomic E-state index is 0.0556. The third-order valence-electron chi connectivity index (χ3n) is 2.16. The van der Waals surface area contributed by atoms with Gasteiger partial charge in [0.1, 0.15) is 0 Å². The van der Waals surface area contributed by atoms with E-state index in [2.05, 4.69) is 10.3 Å². The fourth-order valence-electron chi connectivity index (χ4n) is 1.47. The molecule has 1 amide bonds. The zero-order chi connectivity index (χ0) is 8.55. The predicted molar refractivity (Wildman–Crippen MR) is 46.6 cm³/mol. The Kier molecular flexibility index (Phi) is 1.57. The number of hydrogen-bond donors (Lipinski definition) is 1. The Morgan fingerprint density at radius 1 is 1.58 bits per heavy atom. The van der Waals surface area contributed by atoms with Gasteiger partial charge < -0.3 is 5.32 Å². The van der Waals surface area contributed by atoms with Gasteiger partial charge in [0.2, 0.25) is 5.91 Å². The molecule has 2 rings (SSSR count). The van der Waals surface area contributed by atoms with Crippen LogP contribution in [0.2, 0.25) is 0 Å². The van der Waals surface area contributed by atoms with Crippen molar-refractivity contribution < 1.29 is 4.79 Å². The van der Waals surface area contributed by atoms with Crippen LogP contribution in [0, 0.1) is 5.92 Å². The Morgan fingerprint density at radius 2 is 2.42 bits per heavy atom. The molecule has 0 fully saturated rings. The molecule has 1 aliphatic heterocycles. The van der Waals surface area contributed by atoms with E-state index in [-0.39, 0.29) is 11.8 Å². The highest BCUT2D eigenvalue weighted by molar-refractivity contribution is 5.94. The summed E-state index contributed by atoms with van der Waals surface area (Å²) in [5.74, 6) is 0.00343. The van der Waals surface area contributed by atoms with Gasteiger partial charge in [-0.3, -0.25) is 4.79 Å². The van der Waals surface area contributed by atoms with Crippen LogP contribution >= 0.6 is 0 Å². The molecular formula is C9H10N2O. The van der Waals surface area contributed by atoms with Crippen LogP contribution < -0.4 is 5.32 Å². The van der Waals surface area contributed by atoms with Crippen LogP contribution in [0.25, 0.3) is 0 Å². The van der Waals surface area contributed by atoms with E-state index in [4.69, 9.17) is 0 Å². The maximum absolute atomic E-state index is 11.3. The summed E-state index contributed by atoms with van der Waals surface area (Å²) in [6.07, 6.45) is 6.19. The number of nitrogens with one attached hydrogen (secondary N) is 1. The van der Waals surface area contributed by atoms with E-state index in [1.807, 2.05) is 19.1 Å². The summed E-state index contributed by atoms with van der Waals surface area (Å²) in [6.45, 7) is 2.03. The molecule has 2 aliphatic rings. The number of aliphatic imine (C=N–C) groups is 1. The summed E-state index contributed by atoms with van der Waals surface area (Å²) >= 11 is 0.